The first kappa shape index (κ1) is 22.1. The average molecular weight is 469 g/mol. The number of methoxy groups -OCH3 is 1. The lowest BCUT2D eigenvalue weighted by atomic mass is 10.0. The molecule has 10 heteroatoms. The van der Waals surface area contributed by atoms with Gasteiger partial charge in [-0.05, 0) is 23.8 Å². The summed E-state index contributed by atoms with van der Waals surface area (Å²) in [7, 11) is -2.37. The van der Waals surface area contributed by atoms with E-state index in [2.05, 4.69) is 5.32 Å². The van der Waals surface area contributed by atoms with Crippen molar-refractivity contribution in [2.75, 3.05) is 13.4 Å². The van der Waals surface area contributed by atoms with Crippen molar-refractivity contribution in [3.8, 4) is 0 Å². The molecule has 1 heterocycles. The number of nitrogens with zero attached hydrogens (tertiary/aromatic N) is 1. The second-order valence-electron chi connectivity index (χ2n) is 6.58. The van der Waals surface area contributed by atoms with Crippen LogP contribution in [-0.4, -0.2) is 43.7 Å². The Labute approximate surface area is 183 Å². The predicted molar refractivity (Wildman–Crippen MR) is 116 cm³/mol. The minimum Gasteiger partial charge on any atom is -0.467 e. The molecule has 0 saturated heterocycles. The van der Waals surface area contributed by atoms with Crippen molar-refractivity contribution in [2.45, 2.75) is 12.5 Å². The zero-order valence-electron chi connectivity index (χ0n) is 16.1. The summed E-state index contributed by atoms with van der Waals surface area (Å²) in [5.41, 5.74) is 1.06. The van der Waals surface area contributed by atoms with Gasteiger partial charge in [0.1, 0.15) is 6.04 Å². The molecule has 30 heavy (non-hydrogen) atoms. The number of esters is 1. The molecular weight excluding hydrogens is 451 g/mol. The van der Waals surface area contributed by atoms with E-state index in [1.54, 1.807) is 30.3 Å². The number of halogens is 2. The van der Waals surface area contributed by atoms with Crippen LogP contribution in [0.25, 0.3) is 10.9 Å². The molecule has 0 aliphatic carbocycles. The number of rotatable bonds is 6. The van der Waals surface area contributed by atoms with Gasteiger partial charge in [0, 0.05) is 18.0 Å². The summed E-state index contributed by atoms with van der Waals surface area (Å²) in [5, 5.41) is 3.50. The Bertz CT molecular complexity index is 1220. The third-order valence-corrected chi connectivity index (χ3v) is 6.17. The Kier molecular flexibility index (Phi) is 6.40. The fourth-order valence-electron chi connectivity index (χ4n) is 3.16. The van der Waals surface area contributed by atoms with Gasteiger partial charge in [0.25, 0.3) is 5.91 Å². The highest BCUT2D eigenvalue weighted by Crippen LogP contribution is 2.26. The Hall–Kier alpha value is -2.55. The van der Waals surface area contributed by atoms with Gasteiger partial charge in [-0.2, -0.15) is 0 Å². The van der Waals surface area contributed by atoms with Gasteiger partial charge < -0.3 is 10.1 Å². The smallest absolute Gasteiger partial charge is 0.328 e. The summed E-state index contributed by atoms with van der Waals surface area (Å²) in [5.74, 6) is -1.34. The first-order valence-electron chi connectivity index (χ1n) is 8.75. The lowest BCUT2D eigenvalue weighted by molar-refractivity contribution is -0.142. The van der Waals surface area contributed by atoms with Crippen LogP contribution in [0, 0.1) is 0 Å². The normalized spacial score (nSPS) is 12.5. The quantitative estimate of drug-likeness (QED) is 0.560. The highest BCUT2D eigenvalue weighted by Gasteiger charge is 2.27. The van der Waals surface area contributed by atoms with Crippen LogP contribution in [-0.2, 0) is 26.0 Å². The first-order valence-corrected chi connectivity index (χ1v) is 11.4. The van der Waals surface area contributed by atoms with Crippen molar-refractivity contribution in [2.24, 2.45) is 0 Å². The van der Waals surface area contributed by atoms with Gasteiger partial charge >= 0.3 is 5.97 Å². The van der Waals surface area contributed by atoms with Gasteiger partial charge in [-0.1, -0.05) is 47.5 Å². The SMILES string of the molecule is COC(=O)[C@H](Cc1cn(S(C)(=O)=O)c2ccccc12)NC(=O)c1c(Cl)cccc1Cl. The second kappa shape index (κ2) is 8.67. The molecule has 0 unspecified atom stereocenters. The Morgan fingerprint density at radius 2 is 1.73 bits per heavy atom. The van der Waals surface area contributed by atoms with E-state index in [9.17, 15) is 18.0 Å². The molecule has 0 fully saturated rings. The number of carbonyl (C=O) groups excluding carboxylic acids is 2. The van der Waals surface area contributed by atoms with Crippen LogP contribution in [0.5, 0.6) is 0 Å². The van der Waals surface area contributed by atoms with Crippen molar-refractivity contribution >= 4 is 56.0 Å². The maximum absolute atomic E-state index is 12.7. The van der Waals surface area contributed by atoms with Crippen molar-refractivity contribution in [3.63, 3.8) is 0 Å². The molecule has 0 radical (unpaired) electrons. The molecule has 158 valence electrons. The molecular formula is C20H18Cl2N2O5S. The summed E-state index contributed by atoms with van der Waals surface area (Å²) in [6.45, 7) is 0. The third kappa shape index (κ3) is 4.45. The van der Waals surface area contributed by atoms with Crippen molar-refractivity contribution in [1.29, 1.82) is 0 Å². The molecule has 3 aromatic rings. The molecule has 1 amide bonds. The molecule has 0 bridgehead atoms. The third-order valence-electron chi connectivity index (χ3n) is 4.52. The number of nitrogens with one attached hydrogen (secondary N) is 1. The summed E-state index contributed by atoms with van der Waals surface area (Å²) in [6.07, 6.45) is 2.52. The lowest BCUT2D eigenvalue weighted by Gasteiger charge is -2.17. The van der Waals surface area contributed by atoms with Gasteiger partial charge in [0.2, 0.25) is 10.0 Å². The van der Waals surface area contributed by atoms with Crippen LogP contribution in [0.4, 0.5) is 0 Å². The highest BCUT2D eigenvalue weighted by atomic mass is 35.5. The number of benzene rings is 2. The largest absolute Gasteiger partial charge is 0.467 e. The molecule has 2 aromatic carbocycles. The molecule has 0 spiro atoms. The van der Waals surface area contributed by atoms with E-state index in [1.807, 2.05) is 0 Å². The number of ether oxygens (including phenoxy) is 1. The van der Waals surface area contributed by atoms with Crippen LogP contribution in [0.2, 0.25) is 10.0 Å². The van der Waals surface area contributed by atoms with E-state index in [0.717, 1.165) is 10.2 Å². The van der Waals surface area contributed by atoms with Gasteiger partial charge in [0.05, 0.1) is 34.5 Å². The number of carbonyl (C=O) groups is 2. The number of para-hydroxylation sites is 1. The maximum Gasteiger partial charge on any atom is 0.328 e. The number of amides is 1. The van der Waals surface area contributed by atoms with Gasteiger partial charge in [0.15, 0.2) is 0 Å². The van der Waals surface area contributed by atoms with Gasteiger partial charge in [-0.3, -0.25) is 4.79 Å². The minimum atomic E-state index is -3.57. The fraction of sp³-hybridized carbons (Fsp3) is 0.200. The van der Waals surface area contributed by atoms with E-state index in [4.69, 9.17) is 27.9 Å². The van der Waals surface area contributed by atoms with Gasteiger partial charge in [-0.25, -0.2) is 17.2 Å². The van der Waals surface area contributed by atoms with Crippen molar-refractivity contribution in [3.05, 3.63) is 69.8 Å². The van der Waals surface area contributed by atoms with Crippen LogP contribution in [0.3, 0.4) is 0 Å². The van der Waals surface area contributed by atoms with E-state index in [1.165, 1.54) is 25.4 Å². The summed E-state index contributed by atoms with van der Waals surface area (Å²) in [6, 6.07) is 10.4. The van der Waals surface area contributed by atoms with Crippen LogP contribution < -0.4 is 5.32 Å². The molecule has 1 aromatic heterocycles. The van der Waals surface area contributed by atoms with E-state index in [-0.39, 0.29) is 22.0 Å². The Morgan fingerprint density at radius 1 is 1.10 bits per heavy atom. The number of hydrogen-bond donors (Lipinski definition) is 1. The first-order chi connectivity index (χ1) is 14.1. The fourth-order valence-corrected chi connectivity index (χ4v) is 4.56. The summed E-state index contributed by atoms with van der Waals surface area (Å²) < 4.78 is 30.3. The number of hydrogen-bond acceptors (Lipinski definition) is 5. The molecule has 0 saturated carbocycles. The minimum absolute atomic E-state index is 0.00349. The zero-order chi connectivity index (χ0) is 22.1. The Morgan fingerprint density at radius 3 is 2.33 bits per heavy atom. The summed E-state index contributed by atoms with van der Waals surface area (Å²) >= 11 is 12.2. The topological polar surface area (TPSA) is 94.5 Å². The van der Waals surface area contributed by atoms with Crippen molar-refractivity contribution < 1.29 is 22.7 Å². The van der Waals surface area contributed by atoms with E-state index >= 15 is 0 Å². The molecule has 3 rings (SSSR count). The number of aromatic nitrogens is 1. The lowest BCUT2D eigenvalue weighted by Crippen LogP contribution is -2.43. The molecule has 7 nitrogen and oxygen atoms in total. The van der Waals surface area contributed by atoms with E-state index < -0.39 is 27.9 Å². The Balaban J connectivity index is 1.99. The summed E-state index contributed by atoms with van der Waals surface area (Å²) in [4.78, 5) is 25.1. The van der Waals surface area contributed by atoms with E-state index in [0.29, 0.717) is 16.5 Å². The standard InChI is InChI=1S/C20H18Cl2N2O5S/c1-29-20(26)16(23-19(25)18-14(21)7-5-8-15(18)22)10-12-11-24(30(2,27)28)17-9-4-3-6-13(12)17/h3-9,11,16H,10H2,1-2H3,(H,23,25)/t16-/m0/s1. The van der Waals surface area contributed by atoms with Crippen LogP contribution >= 0.6 is 23.2 Å². The highest BCUT2D eigenvalue weighted by molar-refractivity contribution is 7.89. The van der Waals surface area contributed by atoms with Crippen molar-refractivity contribution in [1.82, 2.24) is 9.29 Å². The number of fused-ring (bicyclic) bond motifs is 1. The second-order valence-corrected chi connectivity index (χ2v) is 9.25. The van der Waals surface area contributed by atoms with Crippen LogP contribution in [0.1, 0.15) is 15.9 Å². The molecule has 0 aliphatic rings. The zero-order valence-corrected chi connectivity index (χ0v) is 18.4. The molecule has 0 aliphatic heterocycles. The molecule has 1 atom stereocenters. The van der Waals surface area contributed by atoms with Gasteiger partial charge in [-0.15, -0.1) is 0 Å². The maximum atomic E-state index is 12.7. The average Bonchev–Trinajstić information content (AvgIpc) is 3.06. The monoisotopic (exact) mass is 468 g/mol. The van der Waals surface area contributed by atoms with Crippen LogP contribution in [0.15, 0.2) is 48.7 Å². The molecule has 1 N–H and O–H groups in total. The predicted octanol–water partition coefficient (Wildman–Crippen LogP) is 3.27.